The zero-order valence-electron chi connectivity index (χ0n) is 11.8. The van der Waals surface area contributed by atoms with E-state index in [-0.39, 0.29) is 5.97 Å². The lowest BCUT2D eigenvalue weighted by molar-refractivity contribution is -0.139. The van der Waals surface area contributed by atoms with Crippen molar-refractivity contribution in [3.05, 3.63) is 23.3 Å². The van der Waals surface area contributed by atoms with E-state index in [1.165, 1.54) is 18.1 Å². The Labute approximate surface area is 110 Å². The van der Waals surface area contributed by atoms with Crippen LogP contribution in [0.4, 0.5) is 0 Å². The molecule has 18 heavy (non-hydrogen) atoms. The van der Waals surface area contributed by atoms with Crippen molar-refractivity contribution < 1.29 is 19.0 Å². The molecule has 0 bridgehead atoms. The minimum Gasteiger partial charge on any atom is -0.462 e. The quantitative estimate of drug-likeness (QED) is 0.275. The summed E-state index contributed by atoms with van der Waals surface area (Å²) in [6, 6.07) is 0. The van der Waals surface area contributed by atoms with Gasteiger partial charge in [0.2, 0.25) is 0 Å². The van der Waals surface area contributed by atoms with Crippen LogP contribution in [0.15, 0.2) is 23.3 Å². The maximum absolute atomic E-state index is 10.6. The molecule has 0 aliphatic carbocycles. The Morgan fingerprint density at radius 1 is 1.11 bits per heavy atom. The lowest BCUT2D eigenvalue weighted by Gasteiger charge is -2.03. The molecule has 0 saturated heterocycles. The van der Waals surface area contributed by atoms with Gasteiger partial charge in [-0.15, -0.1) is 0 Å². The second-order valence-corrected chi connectivity index (χ2v) is 4.20. The smallest absolute Gasteiger partial charge is 0.302 e. The van der Waals surface area contributed by atoms with Gasteiger partial charge in [-0.05, 0) is 32.8 Å². The first kappa shape index (κ1) is 16.9. The molecule has 0 aromatic rings. The fourth-order valence-electron chi connectivity index (χ4n) is 1.29. The van der Waals surface area contributed by atoms with E-state index in [0.29, 0.717) is 20.0 Å². The Morgan fingerprint density at radius 3 is 2.44 bits per heavy atom. The van der Waals surface area contributed by atoms with E-state index in [2.05, 4.69) is 6.08 Å². The Bertz CT molecular complexity index is 292. The Kier molecular flexibility index (Phi) is 10.3. The highest BCUT2D eigenvalue weighted by Gasteiger charge is 1.93. The van der Waals surface area contributed by atoms with Crippen LogP contribution in [0.5, 0.6) is 0 Å². The van der Waals surface area contributed by atoms with Crippen molar-refractivity contribution in [1.82, 2.24) is 0 Å². The van der Waals surface area contributed by atoms with Gasteiger partial charge in [0, 0.05) is 14.0 Å². The van der Waals surface area contributed by atoms with E-state index in [9.17, 15) is 4.79 Å². The average molecular weight is 256 g/mol. The Morgan fingerprint density at radius 2 is 1.83 bits per heavy atom. The number of carbonyl (C=O) groups is 1. The first-order valence-electron chi connectivity index (χ1n) is 6.07. The zero-order chi connectivity index (χ0) is 13.8. The summed E-state index contributed by atoms with van der Waals surface area (Å²) in [6.45, 7) is 6.77. The maximum atomic E-state index is 10.6. The lowest BCUT2D eigenvalue weighted by Crippen LogP contribution is -1.99. The second-order valence-electron chi connectivity index (χ2n) is 4.20. The Balaban J connectivity index is 3.73. The van der Waals surface area contributed by atoms with Crippen LogP contribution in [-0.2, 0) is 19.0 Å². The molecule has 0 rings (SSSR count). The molecule has 0 aliphatic heterocycles. The van der Waals surface area contributed by atoms with Crippen molar-refractivity contribution in [3.8, 4) is 0 Å². The first-order valence-corrected chi connectivity index (χ1v) is 6.07. The van der Waals surface area contributed by atoms with Gasteiger partial charge in [-0.25, -0.2) is 0 Å². The molecular weight excluding hydrogens is 232 g/mol. The number of hydrogen-bond acceptors (Lipinski definition) is 4. The molecule has 0 atom stereocenters. The fraction of sp³-hybridized carbons (Fsp3) is 0.643. The molecule has 4 heteroatoms. The number of esters is 1. The van der Waals surface area contributed by atoms with Crippen molar-refractivity contribution in [2.24, 2.45) is 0 Å². The number of rotatable bonds is 9. The molecule has 0 heterocycles. The van der Waals surface area contributed by atoms with E-state index in [0.717, 1.165) is 12.8 Å². The van der Waals surface area contributed by atoms with Crippen LogP contribution < -0.4 is 0 Å². The van der Waals surface area contributed by atoms with Gasteiger partial charge < -0.3 is 14.2 Å². The average Bonchev–Trinajstić information content (AvgIpc) is 2.29. The molecular formula is C14H24O4. The summed E-state index contributed by atoms with van der Waals surface area (Å²) in [5, 5.41) is 0. The van der Waals surface area contributed by atoms with Crippen LogP contribution in [0, 0.1) is 0 Å². The van der Waals surface area contributed by atoms with Gasteiger partial charge in [0.25, 0.3) is 0 Å². The van der Waals surface area contributed by atoms with Crippen molar-refractivity contribution in [3.63, 3.8) is 0 Å². The molecule has 0 spiro atoms. The molecule has 0 fully saturated rings. The molecule has 0 radical (unpaired) electrons. The summed E-state index contributed by atoms with van der Waals surface area (Å²) in [4.78, 5) is 10.6. The molecule has 0 aromatic heterocycles. The first-order chi connectivity index (χ1) is 8.56. The van der Waals surface area contributed by atoms with Gasteiger partial charge in [-0.3, -0.25) is 4.79 Å². The lowest BCUT2D eigenvalue weighted by atomic mass is 10.1. The SMILES string of the molecule is COCOC/C(C)=C/CC/C(C)=C/COC(C)=O. The standard InChI is InChI=1S/C14H24O4/c1-12(8-9-18-14(3)15)6-5-7-13(2)10-17-11-16-4/h7-8H,5-6,9-11H2,1-4H3/b12-8+,13-7+. The third-order valence-electron chi connectivity index (χ3n) is 2.28. The minimum absolute atomic E-state index is 0.245. The van der Waals surface area contributed by atoms with Crippen molar-refractivity contribution in [2.45, 2.75) is 33.6 Å². The predicted molar refractivity (Wildman–Crippen MR) is 71.2 cm³/mol. The number of hydrogen-bond donors (Lipinski definition) is 0. The topological polar surface area (TPSA) is 44.8 Å². The summed E-state index contributed by atoms with van der Waals surface area (Å²) < 4.78 is 14.9. The minimum atomic E-state index is -0.245. The zero-order valence-corrected chi connectivity index (χ0v) is 11.8. The third-order valence-corrected chi connectivity index (χ3v) is 2.28. The Hall–Kier alpha value is -1.13. The highest BCUT2D eigenvalue weighted by atomic mass is 16.7. The number of allylic oxidation sites excluding steroid dienone is 2. The third kappa shape index (κ3) is 11.4. The van der Waals surface area contributed by atoms with Crippen LogP contribution >= 0.6 is 0 Å². The molecule has 0 unspecified atom stereocenters. The van der Waals surface area contributed by atoms with Gasteiger partial charge in [0.05, 0.1) is 6.61 Å². The molecule has 0 saturated carbocycles. The molecule has 0 N–H and O–H groups in total. The molecule has 0 aliphatic rings. The van der Waals surface area contributed by atoms with Gasteiger partial charge in [-0.1, -0.05) is 17.2 Å². The summed E-state index contributed by atoms with van der Waals surface area (Å²) in [7, 11) is 1.61. The van der Waals surface area contributed by atoms with E-state index in [4.69, 9.17) is 14.2 Å². The highest BCUT2D eigenvalue weighted by Crippen LogP contribution is 2.07. The number of methoxy groups -OCH3 is 1. The fourth-order valence-corrected chi connectivity index (χ4v) is 1.29. The maximum Gasteiger partial charge on any atom is 0.302 e. The second kappa shape index (κ2) is 11.0. The number of carbonyl (C=O) groups excluding carboxylic acids is 1. The van der Waals surface area contributed by atoms with Gasteiger partial charge >= 0.3 is 5.97 Å². The van der Waals surface area contributed by atoms with E-state index in [1.807, 2.05) is 19.9 Å². The van der Waals surface area contributed by atoms with E-state index in [1.54, 1.807) is 7.11 Å². The monoisotopic (exact) mass is 256 g/mol. The van der Waals surface area contributed by atoms with Crippen molar-refractivity contribution in [1.29, 1.82) is 0 Å². The molecule has 4 nitrogen and oxygen atoms in total. The highest BCUT2D eigenvalue weighted by molar-refractivity contribution is 5.66. The van der Waals surface area contributed by atoms with Crippen LogP contribution in [0.2, 0.25) is 0 Å². The van der Waals surface area contributed by atoms with E-state index < -0.39 is 0 Å². The van der Waals surface area contributed by atoms with Gasteiger partial charge in [0.1, 0.15) is 13.4 Å². The summed E-state index contributed by atoms with van der Waals surface area (Å²) in [6.07, 6.45) is 6.01. The predicted octanol–water partition coefficient (Wildman–Crippen LogP) is 2.84. The summed E-state index contributed by atoms with van der Waals surface area (Å²) >= 11 is 0. The van der Waals surface area contributed by atoms with Crippen molar-refractivity contribution >= 4 is 5.97 Å². The summed E-state index contributed by atoms with van der Waals surface area (Å²) in [5.41, 5.74) is 2.41. The van der Waals surface area contributed by atoms with Crippen molar-refractivity contribution in [2.75, 3.05) is 27.1 Å². The normalized spacial score (nSPS) is 12.7. The molecule has 0 amide bonds. The largest absolute Gasteiger partial charge is 0.462 e. The molecule has 104 valence electrons. The van der Waals surface area contributed by atoms with Crippen LogP contribution in [0.1, 0.15) is 33.6 Å². The van der Waals surface area contributed by atoms with Gasteiger partial charge in [-0.2, -0.15) is 0 Å². The van der Waals surface area contributed by atoms with Gasteiger partial charge in [0.15, 0.2) is 0 Å². The number of ether oxygens (including phenoxy) is 3. The van der Waals surface area contributed by atoms with Crippen LogP contribution in [0.3, 0.4) is 0 Å². The van der Waals surface area contributed by atoms with Crippen LogP contribution in [0.25, 0.3) is 0 Å². The molecule has 0 aromatic carbocycles. The van der Waals surface area contributed by atoms with Crippen LogP contribution in [-0.4, -0.2) is 33.1 Å². The summed E-state index contributed by atoms with van der Waals surface area (Å²) in [5.74, 6) is -0.245. The van der Waals surface area contributed by atoms with E-state index >= 15 is 0 Å².